The summed E-state index contributed by atoms with van der Waals surface area (Å²) in [6.07, 6.45) is 1.63. The Labute approximate surface area is 179 Å². The van der Waals surface area contributed by atoms with Crippen LogP contribution < -0.4 is 24.8 Å². The Bertz CT molecular complexity index is 876. The molecule has 1 unspecified atom stereocenters. The third-order valence-electron chi connectivity index (χ3n) is 5.25. The second-order valence-electron chi connectivity index (χ2n) is 7.26. The summed E-state index contributed by atoms with van der Waals surface area (Å²) < 4.78 is 18.3. The van der Waals surface area contributed by atoms with E-state index in [2.05, 4.69) is 41.5 Å². The van der Waals surface area contributed by atoms with Crippen molar-refractivity contribution in [3.63, 3.8) is 0 Å². The first-order chi connectivity index (χ1) is 14.4. The first-order valence-electron chi connectivity index (χ1n) is 10.1. The lowest BCUT2D eigenvalue weighted by Crippen LogP contribution is -2.43. The van der Waals surface area contributed by atoms with Gasteiger partial charge < -0.3 is 24.8 Å². The van der Waals surface area contributed by atoms with Gasteiger partial charge in [-0.15, -0.1) is 0 Å². The van der Waals surface area contributed by atoms with E-state index in [1.165, 1.54) is 11.3 Å². The van der Waals surface area contributed by atoms with E-state index in [1.54, 1.807) is 28.4 Å². The number of aromatic nitrogens is 2. The van der Waals surface area contributed by atoms with E-state index in [4.69, 9.17) is 14.2 Å². The zero-order valence-electron chi connectivity index (χ0n) is 19.4. The third kappa shape index (κ3) is 5.37. The second-order valence-corrected chi connectivity index (χ2v) is 7.26. The molecule has 8 heteroatoms. The summed E-state index contributed by atoms with van der Waals surface area (Å²) in [5.41, 5.74) is 4.59. The van der Waals surface area contributed by atoms with Crippen LogP contribution in [0.2, 0.25) is 0 Å². The molecule has 1 aromatic carbocycles. The van der Waals surface area contributed by atoms with E-state index in [0.717, 1.165) is 30.1 Å². The summed E-state index contributed by atoms with van der Waals surface area (Å²) in [6, 6.07) is 4.10. The highest BCUT2D eigenvalue weighted by atomic mass is 16.5. The number of benzene rings is 1. The number of aryl methyl sites for hydroxylation is 2. The minimum Gasteiger partial charge on any atom is -0.493 e. The van der Waals surface area contributed by atoms with Crippen molar-refractivity contribution in [2.75, 3.05) is 34.9 Å². The molecule has 1 aromatic heterocycles. The molecule has 1 atom stereocenters. The number of nitrogens with one attached hydrogen (secondary N) is 2. The second kappa shape index (κ2) is 10.8. The molecule has 0 radical (unpaired) electrons. The van der Waals surface area contributed by atoms with Gasteiger partial charge in [0.2, 0.25) is 5.75 Å². The predicted molar refractivity (Wildman–Crippen MR) is 120 cm³/mol. The average molecular weight is 418 g/mol. The maximum absolute atomic E-state index is 5.56. The van der Waals surface area contributed by atoms with Crippen LogP contribution in [0.5, 0.6) is 17.2 Å². The molecule has 0 saturated carbocycles. The number of hydrogen-bond donors (Lipinski definition) is 2. The quantitative estimate of drug-likeness (QED) is 0.482. The summed E-state index contributed by atoms with van der Waals surface area (Å²) in [5, 5.41) is 11.3. The summed E-state index contributed by atoms with van der Waals surface area (Å²) in [7, 11) is 8.62. The zero-order valence-corrected chi connectivity index (χ0v) is 19.4. The molecule has 0 amide bonds. The van der Waals surface area contributed by atoms with Crippen LogP contribution in [-0.2, 0) is 19.9 Å². The van der Waals surface area contributed by atoms with Crippen molar-refractivity contribution in [2.24, 2.45) is 12.0 Å². The average Bonchev–Trinajstić information content (AvgIpc) is 2.98. The van der Waals surface area contributed by atoms with Crippen LogP contribution in [0.1, 0.15) is 29.4 Å². The normalized spacial score (nSPS) is 12.5. The molecular formula is C22H35N5O3. The smallest absolute Gasteiger partial charge is 0.203 e. The lowest BCUT2D eigenvalue weighted by atomic mass is 10.1. The van der Waals surface area contributed by atoms with Gasteiger partial charge in [0.05, 0.1) is 27.0 Å². The Morgan fingerprint density at radius 1 is 1.13 bits per heavy atom. The fourth-order valence-corrected chi connectivity index (χ4v) is 3.57. The molecule has 0 aliphatic rings. The van der Waals surface area contributed by atoms with E-state index in [1.807, 2.05) is 23.9 Å². The number of ether oxygens (including phenoxy) is 3. The Hall–Kier alpha value is -2.90. The lowest BCUT2D eigenvalue weighted by molar-refractivity contribution is 0.322. The molecule has 0 saturated heterocycles. The van der Waals surface area contributed by atoms with Crippen molar-refractivity contribution in [3.8, 4) is 17.2 Å². The monoisotopic (exact) mass is 417 g/mol. The highest BCUT2D eigenvalue weighted by Crippen LogP contribution is 2.39. The number of methoxy groups -OCH3 is 3. The highest BCUT2D eigenvalue weighted by molar-refractivity contribution is 5.80. The molecule has 0 bridgehead atoms. The van der Waals surface area contributed by atoms with Gasteiger partial charge in [-0.05, 0) is 45.2 Å². The van der Waals surface area contributed by atoms with Gasteiger partial charge in [-0.3, -0.25) is 9.67 Å². The standard InChI is InChI=1S/C22H35N5O3/c1-14(13-18-15(2)26-27(5)16(18)3)25-22(23-4)24-12-11-17-9-10-19(28-6)21(30-8)20(17)29-7/h9-10,14H,11-13H2,1-8H3,(H2,23,24,25). The molecule has 2 aromatic rings. The summed E-state index contributed by atoms with van der Waals surface area (Å²) >= 11 is 0. The minimum atomic E-state index is 0.216. The van der Waals surface area contributed by atoms with Crippen molar-refractivity contribution in [2.45, 2.75) is 39.7 Å². The first kappa shape index (κ1) is 23.4. The van der Waals surface area contributed by atoms with Crippen LogP contribution in [0.4, 0.5) is 0 Å². The van der Waals surface area contributed by atoms with Crippen molar-refractivity contribution >= 4 is 5.96 Å². The van der Waals surface area contributed by atoms with Crippen LogP contribution in [-0.4, -0.2) is 56.7 Å². The van der Waals surface area contributed by atoms with Crippen LogP contribution >= 0.6 is 0 Å². The van der Waals surface area contributed by atoms with Crippen molar-refractivity contribution in [1.29, 1.82) is 0 Å². The fourth-order valence-electron chi connectivity index (χ4n) is 3.57. The number of aliphatic imine (C=N–C) groups is 1. The molecule has 30 heavy (non-hydrogen) atoms. The number of guanidine groups is 1. The molecule has 0 spiro atoms. The zero-order chi connectivity index (χ0) is 22.3. The number of rotatable bonds is 9. The van der Waals surface area contributed by atoms with Crippen molar-refractivity contribution < 1.29 is 14.2 Å². The maximum atomic E-state index is 5.56. The molecule has 0 aliphatic carbocycles. The molecule has 2 N–H and O–H groups in total. The summed E-state index contributed by atoms with van der Waals surface area (Å²) in [6.45, 7) is 7.00. The van der Waals surface area contributed by atoms with E-state index in [-0.39, 0.29) is 6.04 Å². The molecule has 0 aliphatic heterocycles. The Kier molecular flexibility index (Phi) is 8.38. The van der Waals surface area contributed by atoms with Gasteiger partial charge in [-0.25, -0.2) is 0 Å². The van der Waals surface area contributed by atoms with Gasteiger partial charge in [0, 0.05) is 37.9 Å². The van der Waals surface area contributed by atoms with Gasteiger partial charge in [-0.2, -0.15) is 5.10 Å². The molecular weight excluding hydrogens is 382 g/mol. The maximum Gasteiger partial charge on any atom is 0.203 e. The Morgan fingerprint density at radius 2 is 1.83 bits per heavy atom. The van der Waals surface area contributed by atoms with Crippen LogP contribution in [0.3, 0.4) is 0 Å². The predicted octanol–water partition coefficient (Wildman–Crippen LogP) is 2.40. The van der Waals surface area contributed by atoms with E-state index in [9.17, 15) is 0 Å². The Balaban J connectivity index is 1.96. The van der Waals surface area contributed by atoms with Crippen LogP contribution in [0.15, 0.2) is 17.1 Å². The van der Waals surface area contributed by atoms with Crippen molar-refractivity contribution in [3.05, 3.63) is 34.6 Å². The van der Waals surface area contributed by atoms with Crippen LogP contribution in [0, 0.1) is 13.8 Å². The van der Waals surface area contributed by atoms with Gasteiger partial charge >= 0.3 is 0 Å². The van der Waals surface area contributed by atoms with Gasteiger partial charge in [0.15, 0.2) is 17.5 Å². The molecule has 8 nitrogen and oxygen atoms in total. The molecule has 1 heterocycles. The van der Waals surface area contributed by atoms with E-state index >= 15 is 0 Å². The van der Waals surface area contributed by atoms with Crippen LogP contribution in [0.25, 0.3) is 0 Å². The fraction of sp³-hybridized carbons (Fsp3) is 0.545. The first-order valence-corrected chi connectivity index (χ1v) is 10.1. The van der Waals surface area contributed by atoms with Gasteiger partial charge in [0.25, 0.3) is 0 Å². The van der Waals surface area contributed by atoms with E-state index in [0.29, 0.717) is 23.8 Å². The van der Waals surface area contributed by atoms with Gasteiger partial charge in [-0.1, -0.05) is 6.07 Å². The molecule has 2 rings (SSSR count). The van der Waals surface area contributed by atoms with Crippen molar-refractivity contribution in [1.82, 2.24) is 20.4 Å². The SMILES string of the molecule is CN=C(NCCc1ccc(OC)c(OC)c1OC)NC(C)Cc1c(C)nn(C)c1C. The lowest BCUT2D eigenvalue weighted by Gasteiger charge is -2.19. The topological polar surface area (TPSA) is 81.9 Å². The number of nitrogens with zero attached hydrogens (tertiary/aromatic N) is 3. The third-order valence-corrected chi connectivity index (χ3v) is 5.25. The largest absolute Gasteiger partial charge is 0.493 e. The molecule has 0 fully saturated rings. The Morgan fingerprint density at radius 3 is 2.37 bits per heavy atom. The number of hydrogen-bond acceptors (Lipinski definition) is 5. The van der Waals surface area contributed by atoms with Gasteiger partial charge in [0.1, 0.15) is 0 Å². The molecule has 166 valence electrons. The highest BCUT2D eigenvalue weighted by Gasteiger charge is 2.16. The van der Waals surface area contributed by atoms with E-state index < -0.39 is 0 Å². The summed E-state index contributed by atoms with van der Waals surface area (Å²) in [4.78, 5) is 4.35. The summed E-state index contributed by atoms with van der Waals surface area (Å²) in [5.74, 6) is 2.72. The minimum absolute atomic E-state index is 0.216.